The Kier molecular flexibility index (Phi) is 6.04. The second-order valence-corrected chi connectivity index (χ2v) is 7.45. The molecular formula is C26H24N2O5. The monoisotopic (exact) mass is 444 g/mol. The number of imide groups is 1. The van der Waals surface area contributed by atoms with Gasteiger partial charge < -0.3 is 19.5 Å². The highest BCUT2D eigenvalue weighted by Gasteiger charge is 2.40. The number of aryl methyl sites for hydroxylation is 1. The van der Waals surface area contributed by atoms with Crippen LogP contribution in [-0.2, 0) is 9.59 Å². The molecule has 33 heavy (non-hydrogen) atoms. The SMILES string of the molecule is COc1ccc(NC2=C(c3ccc(C)cc3)C(=O)N(c3ccc(OC)c(OC)c3)C2=O)cc1. The number of ether oxygens (including phenoxy) is 3. The Balaban J connectivity index is 1.79. The van der Waals surface area contributed by atoms with Crippen LogP contribution in [-0.4, -0.2) is 33.1 Å². The largest absolute Gasteiger partial charge is 0.497 e. The second-order valence-electron chi connectivity index (χ2n) is 7.45. The van der Waals surface area contributed by atoms with Crippen molar-refractivity contribution in [1.29, 1.82) is 0 Å². The standard InChI is InChI=1S/C26H24N2O5/c1-16-5-7-17(8-6-16)23-24(27-18-9-12-20(31-2)13-10-18)26(30)28(25(23)29)19-11-14-21(32-3)22(15-19)33-4/h5-15,27H,1-4H3. The first-order chi connectivity index (χ1) is 16.0. The number of methoxy groups -OCH3 is 3. The number of nitrogens with one attached hydrogen (secondary N) is 1. The molecule has 0 saturated heterocycles. The Morgan fingerprint density at radius 1 is 0.727 bits per heavy atom. The van der Waals surface area contributed by atoms with E-state index in [0.29, 0.717) is 39.8 Å². The Morgan fingerprint density at radius 2 is 1.39 bits per heavy atom. The molecule has 0 saturated carbocycles. The molecule has 2 amide bonds. The maximum absolute atomic E-state index is 13.6. The Bertz CT molecular complexity index is 1230. The molecule has 3 aromatic rings. The summed E-state index contributed by atoms with van der Waals surface area (Å²) in [7, 11) is 4.61. The van der Waals surface area contributed by atoms with Crippen LogP contribution in [0.1, 0.15) is 11.1 Å². The van der Waals surface area contributed by atoms with Crippen molar-refractivity contribution in [3.63, 3.8) is 0 Å². The number of rotatable bonds is 7. The quantitative estimate of drug-likeness (QED) is 0.544. The highest BCUT2D eigenvalue weighted by atomic mass is 16.5. The van der Waals surface area contributed by atoms with Gasteiger partial charge in [0.15, 0.2) is 11.5 Å². The molecule has 0 fully saturated rings. The van der Waals surface area contributed by atoms with Crippen LogP contribution < -0.4 is 24.4 Å². The molecule has 0 radical (unpaired) electrons. The van der Waals surface area contributed by atoms with E-state index in [2.05, 4.69) is 5.32 Å². The molecule has 0 bridgehead atoms. The molecule has 3 aromatic carbocycles. The maximum Gasteiger partial charge on any atom is 0.282 e. The molecule has 0 atom stereocenters. The van der Waals surface area contributed by atoms with Crippen LogP contribution in [0.15, 0.2) is 72.4 Å². The molecule has 0 unspecified atom stereocenters. The molecule has 1 aliphatic rings. The number of nitrogens with zero attached hydrogens (tertiary/aromatic N) is 1. The number of anilines is 2. The van der Waals surface area contributed by atoms with E-state index >= 15 is 0 Å². The van der Waals surface area contributed by atoms with E-state index < -0.39 is 11.8 Å². The van der Waals surface area contributed by atoms with E-state index in [1.54, 1.807) is 49.6 Å². The van der Waals surface area contributed by atoms with Gasteiger partial charge in [0.05, 0.1) is 32.6 Å². The first kappa shape index (κ1) is 22.0. The molecule has 1 aliphatic heterocycles. The molecular weight excluding hydrogens is 420 g/mol. The lowest BCUT2D eigenvalue weighted by Gasteiger charge is -2.17. The van der Waals surface area contributed by atoms with Crippen LogP contribution in [0.3, 0.4) is 0 Å². The fraction of sp³-hybridized carbons (Fsp3) is 0.154. The summed E-state index contributed by atoms with van der Waals surface area (Å²) in [6.07, 6.45) is 0. The van der Waals surface area contributed by atoms with E-state index in [9.17, 15) is 9.59 Å². The van der Waals surface area contributed by atoms with Gasteiger partial charge in [0, 0.05) is 11.8 Å². The van der Waals surface area contributed by atoms with Crippen LogP contribution >= 0.6 is 0 Å². The highest BCUT2D eigenvalue weighted by Crippen LogP contribution is 2.37. The van der Waals surface area contributed by atoms with Crippen LogP contribution in [0.5, 0.6) is 17.2 Å². The van der Waals surface area contributed by atoms with E-state index in [1.165, 1.54) is 14.2 Å². The molecule has 1 heterocycles. The van der Waals surface area contributed by atoms with Gasteiger partial charge >= 0.3 is 0 Å². The maximum atomic E-state index is 13.6. The number of carbonyl (C=O) groups is 2. The van der Waals surface area contributed by atoms with Crippen molar-refractivity contribution in [2.24, 2.45) is 0 Å². The zero-order valence-corrected chi connectivity index (χ0v) is 18.8. The molecule has 7 nitrogen and oxygen atoms in total. The van der Waals surface area contributed by atoms with Gasteiger partial charge in [-0.3, -0.25) is 9.59 Å². The lowest BCUT2D eigenvalue weighted by atomic mass is 10.0. The van der Waals surface area contributed by atoms with Gasteiger partial charge in [0.25, 0.3) is 11.8 Å². The summed E-state index contributed by atoms with van der Waals surface area (Å²) >= 11 is 0. The third-order valence-corrected chi connectivity index (χ3v) is 5.41. The predicted octanol–water partition coefficient (Wildman–Crippen LogP) is 4.42. The molecule has 4 rings (SSSR count). The summed E-state index contributed by atoms with van der Waals surface area (Å²) in [5, 5.41) is 3.14. The first-order valence-electron chi connectivity index (χ1n) is 10.3. The number of benzene rings is 3. The van der Waals surface area contributed by atoms with Gasteiger partial charge in [-0.15, -0.1) is 0 Å². The minimum Gasteiger partial charge on any atom is -0.497 e. The van der Waals surface area contributed by atoms with Crippen molar-refractivity contribution in [3.05, 3.63) is 83.6 Å². The van der Waals surface area contributed by atoms with Crippen molar-refractivity contribution >= 4 is 28.8 Å². The molecule has 168 valence electrons. The Hall–Kier alpha value is -4.26. The zero-order valence-electron chi connectivity index (χ0n) is 18.8. The third kappa shape index (κ3) is 4.13. The summed E-state index contributed by atoms with van der Waals surface area (Å²) in [5.41, 5.74) is 3.24. The summed E-state index contributed by atoms with van der Waals surface area (Å²) in [6, 6.07) is 19.5. The summed E-state index contributed by atoms with van der Waals surface area (Å²) in [6.45, 7) is 1.96. The zero-order chi connectivity index (χ0) is 23.5. The highest BCUT2D eigenvalue weighted by molar-refractivity contribution is 6.46. The summed E-state index contributed by atoms with van der Waals surface area (Å²) in [4.78, 5) is 28.3. The van der Waals surface area contributed by atoms with E-state index in [-0.39, 0.29) is 5.70 Å². The first-order valence-corrected chi connectivity index (χ1v) is 10.3. The minimum absolute atomic E-state index is 0.198. The summed E-state index contributed by atoms with van der Waals surface area (Å²) < 4.78 is 15.8. The second kappa shape index (κ2) is 9.08. The van der Waals surface area contributed by atoms with Gasteiger partial charge in [0.1, 0.15) is 11.4 Å². The molecule has 0 spiro atoms. The fourth-order valence-electron chi connectivity index (χ4n) is 3.65. The van der Waals surface area contributed by atoms with Crippen LogP contribution in [0.2, 0.25) is 0 Å². The molecule has 0 aliphatic carbocycles. The fourth-order valence-corrected chi connectivity index (χ4v) is 3.65. The van der Waals surface area contributed by atoms with Crippen molar-refractivity contribution < 1.29 is 23.8 Å². The molecule has 1 N–H and O–H groups in total. The summed E-state index contributed by atoms with van der Waals surface area (Å²) in [5.74, 6) is 0.729. The van der Waals surface area contributed by atoms with Gasteiger partial charge in [-0.1, -0.05) is 29.8 Å². The third-order valence-electron chi connectivity index (χ3n) is 5.41. The number of amides is 2. The van der Waals surface area contributed by atoms with E-state index in [0.717, 1.165) is 10.5 Å². The number of hydrogen-bond acceptors (Lipinski definition) is 6. The lowest BCUT2D eigenvalue weighted by Crippen LogP contribution is -2.32. The number of carbonyl (C=O) groups excluding carboxylic acids is 2. The van der Waals surface area contributed by atoms with Crippen molar-refractivity contribution in [2.45, 2.75) is 6.92 Å². The average molecular weight is 444 g/mol. The van der Waals surface area contributed by atoms with Crippen LogP contribution in [0.25, 0.3) is 5.57 Å². The lowest BCUT2D eigenvalue weighted by molar-refractivity contribution is -0.120. The average Bonchev–Trinajstić information content (AvgIpc) is 3.08. The van der Waals surface area contributed by atoms with Gasteiger partial charge in [-0.25, -0.2) is 4.90 Å². The van der Waals surface area contributed by atoms with Crippen LogP contribution in [0, 0.1) is 6.92 Å². The van der Waals surface area contributed by atoms with E-state index in [1.807, 2.05) is 31.2 Å². The van der Waals surface area contributed by atoms with Crippen molar-refractivity contribution in [3.8, 4) is 17.2 Å². The Labute approximate surface area is 192 Å². The van der Waals surface area contributed by atoms with Gasteiger partial charge in [-0.2, -0.15) is 0 Å². The molecule has 0 aromatic heterocycles. The Morgan fingerprint density at radius 3 is 2.00 bits per heavy atom. The van der Waals surface area contributed by atoms with Crippen molar-refractivity contribution in [1.82, 2.24) is 0 Å². The van der Waals surface area contributed by atoms with E-state index in [4.69, 9.17) is 14.2 Å². The number of hydrogen-bond donors (Lipinski definition) is 1. The van der Waals surface area contributed by atoms with Crippen molar-refractivity contribution in [2.75, 3.05) is 31.5 Å². The topological polar surface area (TPSA) is 77.1 Å². The minimum atomic E-state index is -0.460. The van der Waals surface area contributed by atoms with Gasteiger partial charge in [-0.05, 0) is 48.9 Å². The predicted molar refractivity (Wildman–Crippen MR) is 127 cm³/mol. The van der Waals surface area contributed by atoms with Crippen LogP contribution in [0.4, 0.5) is 11.4 Å². The normalized spacial score (nSPS) is 13.4. The van der Waals surface area contributed by atoms with Gasteiger partial charge in [0.2, 0.25) is 0 Å². The molecule has 7 heteroatoms. The smallest absolute Gasteiger partial charge is 0.282 e.